The number of hydrogen-bond donors (Lipinski definition) is 2. The molecule has 106 valence electrons. The Kier molecular flexibility index (Phi) is 4.63. The smallest absolute Gasteiger partial charge is 0.221 e. The number of thiophene rings is 1. The lowest BCUT2D eigenvalue weighted by Crippen LogP contribution is -2.35. The molecule has 1 aliphatic rings. The van der Waals surface area contributed by atoms with E-state index in [2.05, 4.69) is 24.5 Å². The van der Waals surface area contributed by atoms with Gasteiger partial charge in [0.25, 0.3) is 0 Å². The van der Waals surface area contributed by atoms with Crippen LogP contribution in [0.1, 0.15) is 51.3 Å². The summed E-state index contributed by atoms with van der Waals surface area (Å²) in [6, 6.07) is 2.60. The van der Waals surface area contributed by atoms with Crippen molar-refractivity contribution in [3.63, 3.8) is 0 Å². The Labute approximate surface area is 119 Å². The molecule has 0 spiro atoms. The summed E-state index contributed by atoms with van der Waals surface area (Å²) in [7, 11) is 0. The van der Waals surface area contributed by atoms with Gasteiger partial charge in [-0.3, -0.25) is 4.79 Å². The molecule has 0 radical (unpaired) electrons. The summed E-state index contributed by atoms with van der Waals surface area (Å²) in [5, 5.41) is 8.55. The minimum Gasteiger partial charge on any atom is -0.325 e. The van der Waals surface area contributed by atoms with E-state index < -0.39 is 0 Å². The third-order valence-corrected chi connectivity index (χ3v) is 4.87. The molecular formula is C15H24N2OS. The van der Waals surface area contributed by atoms with E-state index in [1.54, 1.807) is 18.3 Å². The lowest BCUT2D eigenvalue weighted by atomic mass is 9.75. The second-order valence-corrected chi connectivity index (χ2v) is 7.26. The minimum absolute atomic E-state index is 0.000865. The first-order valence-corrected chi connectivity index (χ1v) is 7.91. The lowest BCUT2D eigenvalue weighted by Gasteiger charge is -2.34. The Morgan fingerprint density at radius 1 is 1.42 bits per heavy atom. The van der Waals surface area contributed by atoms with Crippen molar-refractivity contribution in [2.75, 3.05) is 5.32 Å². The van der Waals surface area contributed by atoms with Crippen molar-refractivity contribution in [1.29, 1.82) is 0 Å². The molecule has 2 N–H and O–H groups in total. The summed E-state index contributed by atoms with van der Waals surface area (Å²) >= 11 is 1.70. The Bertz CT molecular complexity index is 429. The van der Waals surface area contributed by atoms with Gasteiger partial charge in [0.15, 0.2) is 0 Å². The van der Waals surface area contributed by atoms with Crippen LogP contribution in [0.25, 0.3) is 0 Å². The van der Waals surface area contributed by atoms with Crippen LogP contribution in [0.4, 0.5) is 5.69 Å². The van der Waals surface area contributed by atoms with E-state index in [0.717, 1.165) is 12.2 Å². The van der Waals surface area contributed by atoms with Gasteiger partial charge in [0.2, 0.25) is 5.91 Å². The zero-order valence-corrected chi connectivity index (χ0v) is 12.9. The monoisotopic (exact) mass is 280 g/mol. The predicted molar refractivity (Wildman–Crippen MR) is 81.5 cm³/mol. The molecule has 0 unspecified atom stereocenters. The van der Waals surface area contributed by atoms with E-state index in [0.29, 0.717) is 11.5 Å². The van der Waals surface area contributed by atoms with Crippen molar-refractivity contribution in [1.82, 2.24) is 5.32 Å². The van der Waals surface area contributed by atoms with Gasteiger partial charge in [-0.15, -0.1) is 11.3 Å². The van der Waals surface area contributed by atoms with Crippen LogP contribution in [0.5, 0.6) is 0 Å². The molecule has 1 saturated carbocycles. The third kappa shape index (κ3) is 4.32. The maximum Gasteiger partial charge on any atom is 0.221 e. The molecule has 0 aromatic carbocycles. The topological polar surface area (TPSA) is 41.1 Å². The van der Waals surface area contributed by atoms with Gasteiger partial charge in [0, 0.05) is 24.4 Å². The molecule has 2 rings (SSSR count). The fourth-order valence-electron chi connectivity index (χ4n) is 2.62. The van der Waals surface area contributed by atoms with E-state index >= 15 is 0 Å². The quantitative estimate of drug-likeness (QED) is 0.881. The second kappa shape index (κ2) is 6.06. The minimum atomic E-state index is -0.000865. The summed E-state index contributed by atoms with van der Waals surface area (Å²) in [5.74, 6) is -0.000865. The molecule has 1 heterocycles. The Balaban J connectivity index is 1.83. The van der Waals surface area contributed by atoms with Crippen LogP contribution in [-0.2, 0) is 11.3 Å². The zero-order chi connectivity index (χ0) is 13.9. The highest BCUT2D eigenvalue weighted by Gasteiger charge is 2.26. The molecule has 4 heteroatoms. The number of hydrogen-bond acceptors (Lipinski definition) is 3. The molecular weight excluding hydrogens is 256 g/mol. The summed E-state index contributed by atoms with van der Waals surface area (Å²) in [6.45, 7) is 7.13. The van der Waals surface area contributed by atoms with Crippen molar-refractivity contribution in [2.45, 2.75) is 59.0 Å². The van der Waals surface area contributed by atoms with Crippen molar-refractivity contribution < 1.29 is 4.79 Å². The lowest BCUT2D eigenvalue weighted by molar-refractivity contribution is -0.114. The van der Waals surface area contributed by atoms with Gasteiger partial charge in [-0.25, -0.2) is 0 Å². The number of anilines is 1. The Hall–Kier alpha value is -0.870. The standard InChI is InChI=1S/C15H24N2OS/c1-11(18)17-13-6-9-19-14(13)10-16-12-4-7-15(2,3)8-5-12/h6,9,12,16H,4-5,7-8,10H2,1-3H3,(H,17,18). The van der Waals surface area contributed by atoms with Crippen LogP contribution >= 0.6 is 11.3 Å². The number of carbonyl (C=O) groups excluding carboxylic acids is 1. The van der Waals surface area contributed by atoms with Gasteiger partial charge in [-0.05, 0) is 42.5 Å². The summed E-state index contributed by atoms with van der Waals surface area (Å²) in [4.78, 5) is 12.3. The van der Waals surface area contributed by atoms with Gasteiger partial charge in [-0.1, -0.05) is 13.8 Å². The van der Waals surface area contributed by atoms with Crippen LogP contribution in [0, 0.1) is 5.41 Å². The fourth-order valence-corrected chi connectivity index (χ4v) is 3.40. The van der Waals surface area contributed by atoms with E-state index in [4.69, 9.17) is 0 Å². The summed E-state index contributed by atoms with van der Waals surface area (Å²) < 4.78 is 0. The van der Waals surface area contributed by atoms with Gasteiger partial charge in [-0.2, -0.15) is 0 Å². The normalized spacial score (nSPS) is 19.3. The molecule has 19 heavy (non-hydrogen) atoms. The van der Waals surface area contributed by atoms with E-state index in [1.165, 1.54) is 30.6 Å². The van der Waals surface area contributed by atoms with Crippen LogP contribution in [0.2, 0.25) is 0 Å². The molecule has 3 nitrogen and oxygen atoms in total. The van der Waals surface area contributed by atoms with Gasteiger partial charge < -0.3 is 10.6 Å². The second-order valence-electron chi connectivity index (χ2n) is 6.26. The first kappa shape index (κ1) is 14.5. The van der Waals surface area contributed by atoms with Gasteiger partial charge in [0.1, 0.15) is 0 Å². The first-order chi connectivity index (χ1) is 8.96. The van der Waals surface area contributed by atoms with Gasteiger partial charge in [0.05, 0.1) is 5.69 Å². The first-order valence-electron chi connectivity index (χ1n) is 7.04. The fraction of sp³-hybridized carbons (Fsp3) is 0.667. The molecule has 0 bridgehead atoms. The largest absolute Gasteiger partial charge is 0.325 e. The van der Waals surface area contributed by atoms with E-state index in [1.807, 2.05) is 11.4 Å². The maximum atomic E-state index is 11.1. The number of amides is 1. The molecule has 1 amide bonds. The highest BCUT2D eigenvalue weighted by molar-refractivity contribution is 7.10. The maximum absolute atomic E-state index is 11.1. The number of rotatable bonds is 4. The van der Waals surface area contributed by atoms with E-state index in [9.17, 15) is 4.79 Å². The molecule has 1 aromatic rings. The molecule has 0 aliphatic heterocycles. The molecule has 1 aromatic heterocycles. The molecule has 1 fully saturated rings. The summed E-state index contributed by atoms with van der Waals surface area (Å²) in [5.41, 5.74) is 1.48. The van der Waals surface area contributed by atoms with E-state index in [-0.39, 0.29) is 5.91 Å². The number of nitrogens with one attached hydrogen (secondary N) is 2. The number of carbonyl (C=O) groups is 1. The molecule has 0 saturated heterocycles. The van der Waals surface area contributed by atoms with Crippen molar-refractivity contribution in [3.8, 4) is 0 Å². The van der Waals surface area contributed by atoms with Crippen LogP contribution in [-0.4, -0.2) is 11.9 Å². The van der Waals surface area contributed by atoms with Crippen molar-refractivity contribution in [3.05, 3.63) is 16.3 Å². The highest BCUT2D eigenvalue weighted by atomic mass is 32.1. The van der Waals surface area contributed by atoms with Crippen LogP contribution in [0.15, 0.2) is 11.4 Å². The highest BCUT2D eigenvalue weighted by Crippen LogP contribution is 2.35. The predicted octanol–water partition coefficient (Wildman–Crippen LogP) is 3.76. The Morgan fingerprint density at radius 2 is 2.11 bits per heavy atom. The average Bonchev–Trinajstić information content (AvgIpc) is 2.74. The Morgan fingerprint density at radius 3 is 2.74 bits per heavy atom. The summed E-state index contributed by atoms with van der Waals surface area (Å²) in [6.07, 6.45) is 5.11. The van der Waals surface area contributed by atoms with Crippen LogP contribution in [0.3, 0.4) is 0 Å². The zero-order valence-electron chi connectivity index (χ0n) is 12.1. The molecule has 1 aliphatic carbocycles. The van der Waals surface area contributed by atoms with Crippen molar-refractivity contribution >= 4 is 22.9 Å². The van der Waals surface area contributed by atoms with Crippen molar-refractivity contribution in [2.24, 2.45) is 5.41 Å². The molecule has 0 atom stereocenters. The van der Waals surface area contributed by atoms with Crippen LogP contribution < -0.4 is 10.6 Å². The average molecular weight is 280 g/mol. The third-order valence-electron chi connectivity index (χ3n) is 3.95. The SMILES string of the molecule is CC(=O)Nc1ccsc1CNC1CCC(C)(C)CC1. The van der Waals surface area contributed by atoms with Gasteiger partial charge >= 0.3 is 0 Å².